The SMILES string of the molecule is CCn1cc([N+](=O)[O-])c(C)cc1=O. The molecule has 0 spiro atoms. The number of rotatable bonds is 2. The van der Waals surface area contributed by atoms with E-state index >= 15 is 0 Å². The first-order chi connectivity index (χ1) is 6.06. The van der Waals surface area contributed by atoms with Gasteiger partial charge < -0.3 is 4.57 Å². The van der Waals surface area contributed by atoms with Gasteiger partial charge in [-0.05, 0) is 13.8 Å². The van der Waals surface area contributed by atoms with E-state index in [1.807, 2.05) is 0 Å². The third kappa shape index (κ3) is 1.74. The Morgan fingerprint density at radius 3 is 2.69 bits per heavy atom. The second-order valence-corrected chi connectivity index (χ2v) is 2.72. The summed E-state index contributed by atoms with van der Waals surface area (Å²) in [6, 6.07) is 1.28. The maximum absolute atomic E-state index is 11.2. The summed E-state index contributed by atoms with van der Waals surface area (Å²) in [6.45, 7) is 3.76. The zero-order valence-electron chi connectivity index (χ0n) is 7.48. The molecule has 13 heavy (non-hydrogen) atoms. The van der Waals surface area contributed by atoms with Crippen molar-refractivity contribution < 1.29 is 4.92 Å². The zero-order valence-corrected chi connectivity index (χ0v) is 7.48. The molecule has 0 amide bonds. The van der Waals surface area contributed by atoms with Gasteiger partial charge >= 0.3 is 0 Å². The molecule has 0 aromatic carbocycles. The predicted molar refractivity (Wildman–Crippen MR) is 47.8 cm³/mol. The van der Waals surface area contributed by atoms with Crippen molar-refractivity contribution >= 4 is 5.69 Å². The van der Waals surface area contributed by atoms with Gasteiger partial charge in [-0.1, -0.05) is 0 Å². The molecule has 1 rings (SSSR count). The Balaban J connectivity index is 3.39. The number of nitrogens with zero attached hydrogens (tertiary/aromatic N) is 2. The van der Waals surface area contributed by atoms with Crippen molar-refractivity contribution in [3.05, 3.63) is 38.3 Å². The van der Waals surface area contributed by atoms with Gasteiger partial charge in [-0.15, -0.1) is 0 Å². The second-order valence-electron chi connectivity index (χ2n) is 2.72. The lowest BCUT2D eigenvalue weighted by Gasteiger charge is -2.02. The van der Waals surface area contributed by atoms with E-state index in [9.17, 15) is 14.9 Å². The minimum atomic E-state index is -0.485. The van der Waals surface area contributed by atoms with Crippen LogP contribution in [-0.4, -0.2) is 9.49 Å². The third-order valence-electron chi connectivity index (χ3n) is 1.84. The Labute approximate surface area is 74.8 Å². The highest BCUT2D eigenvalue weighted by Crippen LogP contribution is 2.13. The van der Waals surface area contributed by atoms with Crippen molar-refractivity contribution in [3.8, 4) is 0 Å². The van der Waals surface area contributed by atoms with Crippen LogP contribution in [0.2, 0.25) is 0 Å². The molecule has 5 nitrogen and oxygen atoms in total. The van der Waals surface area contributed by atoms with E-state index in [2.05, 4.69) is 0 Å². The van der Waals surface area contributed by atoms with Crippen LogP contribution >= 0.6 is 0 Å². The smallest absolute Gasteiger partial charge is 0.288 e. The molecule has 0 aliphatic heterocycles. The monoisotopic (exact) mass is 182 g/mol. The molecule has 0 N–H and O–H groups in total. The fourth-order valence-electron chi connectivity index (χ4n) is 1.09. The molecule has 0 unspecified atom stereocenters. The van der Waals surface area contributed by atoms with Gasteiger partial charge in [0.1, 0.15) is 0 Å². The lowest BCUT2D eigenvalue weighted by Crippen LogP contribution is -2.18. The molecule has 1 aromatic rings. The first-order valence-corrected chi connectivity index (χ1v) is 3.91. The fraction of sp³-hybridized carbons (Fsp3) is 0.375. The van der Waals surface area contributed by atoms with E-state index < -0.39 is 4.92 Å². The molecule has 5 heteroatoms. The second kappa shape index (κ2) is 3.38. The average Bonchev–Trinajstić information content (AvgIpc) is 2.03. The number of aryl methyl sites for hydroxylation is 2. The lowest BCUT2D eigenvalue weighted by atomic mass is 10.2. The minimum Gasteiger partial charge on any atom is -0.309 e. The van der Waals surface area contributed by atoms with Crippen LogP contribution < -0.4 is 5.56 Å². The molecule has 70 valence electrons. The van der Waals surface area contributed by atoms with E-state index in [0.29, 0.717) is 12.1 Å². The van der Waals surface area contributed by atoms with Gasteiger partial charge in [-0.25, -0.2) is 0 Å². The van der Waals surface area contributed by atoms with E-state index in [1.54, 1.807) is 13.8 Å². The van der Waals surface area contributed by atoms with Crippen LogP contribution in [-0.2, 0) is 6.54 Å². The summed E-state index contributed by atoms with van der Waals surface area (Å²) in [4.78, 5) is 21.2. The van der Waals surface area contributed by atoms with Gasteiger partial charge in [0.15, 0.2) is 0 Å². The molecule has 0 fully saturated rings. The van der Waals surface area contributed by atoms with Crippen LogP contribution in [0.1, 0.15) is 12.5 Å². The van der Waals surface area contributed by atoms with E-state index in [1.165, 1.54) is 16.8 Å². The number of hydrogen-bond acceptors (Lipinski definition) is 3. The van der Waals surface area contributed by atoms with Gasteiger partial charge in [0.2, 0.25) is 0 Å². The molecular formula is C8H10N2O3. The van der Waals surface area contributed by atoms with E-state index in [0.717, 1.165) is 0 Å². The Morgan fingerprint density at radius 2 is 2.23 bits per heavy atom. The van der Waals surface area contributed by atoms with Crippen LogP contribution in [0.15, 0.2) is 17.1 Å². The standard InChI is InChI=1S/C8H10N2O3/c1-3-9-5-7(10(12)13)6(2)4-8(9)11/h4-5H,3H2,1-2H3. The van der Waals surface area contributed by atoms with Crippen LogP contribution in [0.25, 0.3) is 0 Å². The highest BCUT2D eigenvalue weighted by atomic mass is 16.6. The van der Waals surface area contributed by atoms with Crippen molar-refractivity contribution in [2.24, 2.45) is 0 Å². The van der Waals surface area contributed by atoms with Gasteiger partial charge in [0.25, 0.3) is 11.2 Å². The van der Waals surface area contributed by atoms with Crippen LogP contribution in [0.5, 0.6) is 0 Å². The third-order valence-corrected chi connectivity index (χ3v) is 1.84. The summed E-state index contributed by atoms with van der Waals surface area (Å²) < 4.78 is 1.31. The Bertz CT molecular complexity index is 395. The number of nitro groups is 1. The highest BCUT2D eigenvalue weighted by Gasteiger charge is 2.11. The van der Waals surface area contributed by atoms with Gasteiger partial charge in [0, 0.05) is 18.2 Å². The molecular weight excluding hydrogens is 172 g/mol. The summed E-state index contributed by atoms with van der Waals surface area (Å²) in [6.07, 6.45) is 1.28. The minimum absolute atomic E-state index is 0.0125. The van der Waals surface area contributed by atoms with Crippen molar-refractivity contribution in [3.63, 3.8) is 0 Å². The average molecular weight is 182 g/mol. The molecule has 0 radical (unpaired) electrons. The summed E-state index contributed by atoms with van der Waals surface area (Å²) >= 11 is 0. The van der Waals surface area contributed by atoms with E-state index in [-0.39, 0.29) is 11.2 Å². The summed E-state index contributed by atoms with van der Waals surface area (Å²) in [7, 11) is 0. The normalized spacial score (nSPS) is 10.0. The quantitative estimate of drug-likeness (QED) is 0.507. The molecule has 0 bridgehead atoms. The summed E-state index contributed by atoms with van der Waals surface area (Å²) in [5, 5.41) is 10.5. The number of pyridine rings is 1. The van der Waals surface area contributed by atoms with Crippen LogP contribution in [0, 0.1) is 17.0 Å². The van der Waals surface area contributed by atoms with Gasteiger partial charge in [-0.2, -0.15) is 0 Å². The van der Waals surface area contributed by atoms with Crippen molar-refractivity contribution in [2.45, 2.75) is 20.4 Å². The van der Waals surface area contributed by atoms with Crippen molar-refractivity contribution in [1.82, 2.24) is 4.57 Å². The topological polar surface area (TPSA) is 65.1 Å². The van der Waals surface area contributed by atoms with Crippen molar-refractivity contribution in [1.29, 1.82) is 0 Å². The number of aromatic nitrogens is 1. The molecule has 0 atom stereocenters. The molecule has 1 heterocycles. The fourth-order valence-corrected chi connectivity index (χ4v) is 1.09. The molecule has 0 aliphatic carbocycles. The van der Waals surface area contributed by atoms with Crippen LogP contribution in [0.4, 0.5) is 5.69 Å². The first kappa shape index (κ1) is 9.44. The van der Waals surface area contributed by atoms with E-state index in [4.69, 9.17) is 0 Å². The van der Waals surface area contributed by atoms with Gasteiger partial charge in [-0.3, -0.25) is 14.9 Å². The lowest BCUT2D eigenvalue weighted by molar-refractivity contribution is -0.385. The van der Waals surface area contributed by atoms with Crippen LogP contribution in [0.3, 0.4) is 0 Å². The zero-order chi connectivity index (χ0) is 10.0. The molecule has 0 saturated carbocycles. The maximum atomic E-state index is 11.2. The van der Waals surface area contributed by atoms with Crippen molar-refractivity contribution in [2.75, 3.05) is 0 Å². The maximum Gasteiger partial charge on any atom is 0.288 e. The highest BCUT2D eigenvalue weighted by molar-refractivity contribution is 5.35. The first-order valence-electron chi connectivity index (χ1n) is 3.91. The largest absolute Gasteiger partial charge is 0.309 e. The molecule has 1 aromatic heterocycles. The Hall–Kier alpha value is -1.65. The Kier molecular flexibility index (Phi) is 2.46. The number of hydrogen-bond donors (Lipinski definition) is 0. The van der Waals surface area contributed by atoms with Gasteiger partial charge in [0.05, 0.1) is 11.1 Å². The predicted octanol–water partition coefficient (Wildman–Crippen LogP) is 1.08. The summed E-state index contributed by atoms with van der Waals surface area (Å²) in [5.41, 5.74) is 0.187. The summed E-state index contributed by atoms with van der Waals surface area (Å²) in [5.74, 6) is 0. The Morgan fingerprint density at radius 1 is 1.62 bits per heavy atom. The molecule has 0 saturated heterocycles. The molecule has 0 aliphatic rings.